The van der Waals surface area contributed by atoms with E-state index in [2.05, 4.69) is 15.7 Å². The first-order valence-corrected chi connectivity index (χ1v) is 11.9. The van der Waals surface area contributed by atoms with Gasteiger partial charge in [-0.25, -0.2) is 4.39 Å². The second-order valence-electron chi connectivity index (χ2n) is 10.1. The minimum absolute atomic E-state index is 0.0749. The zero-order chi connectivity index (χ0) is 24.8. The number of carbonyl (C=O) groups excluding carboxylic acids is 2. The Morgan fingerprint density at radius 1 is 1.26 bits per heavy atom. The predicted octanol–water partition coefficient (Wildman–Crippen LogP) is 3.45. The van der Waals surface area contributed by atoms with Gasteiger partial charge in [-0.2, -0.15) is 5.10 Å². The minimum Gasteiger partial charge on any atom is -0.383 e. The van der Waals surface area contributed by atoms with E-state index in [1.165, 1.54) is 36.7 Å². The molecule has 2 atom stereocenters. The first-order chi connectivity index (χ1) is 15.9. The number of nitrogens with two attached hydrogens (primary N) is 1. The van der Waals surface area contributed by atoms with E-state index in [9.17, 15) is 19.1 Å². The Bertz CT molecular complexity index is 1100. The number of aliphatic hydroxyl groups is 1. The number of halogens is 2. The van der Waals surface area contributed by atoms with Gasteiger partial charge in [-0.05, 0) is 75.5 Å². The average molecular weight is 492 g/mol. The molecule has 8 nitrogen and oxygen atoms in total. The second kappa shape index (κ2) is 9.19. The fourth-order valence-corrected chi connectivity index (χ4v) is 5.61. The summed E-state index contributed by atoms with van der Waals surface area (Å²) in [7, 11) is 1.71. The van der Waals surface area contributed by atoms with Crippen LogP contribution in [0.3, 0.4) is 0 Å². The molecule has 2 saturated carbocycles. The van der Waals surface area contributed by atoms with Crippen molar-refractivity contribution in [3.05, 3.63) is 40.3 Å². The number of amides is 2. The third kappa shape index (κ3) is 4.90. The summed E-state index contributed by atoms with van der Waals surface area (Å²) in [5.74, 6) is 0.442. The van der Waals surface area contributed by atoms with Crippen LogP contribution in [0, 0.1) is 23.6 Å². The normalized spacial score (nSPS) is 24.2. The first kappa shape index (κ1) is 24.5. The summed E-state index contributed by atoms with van der Waals surface area (Å²) in [6.07, 6.45) is 3.79. The van der Waals surface area contributed by atoms with E-state index in [4.69, 9.17) is 17.3 Å². The van der Waals surface area contributed by atoms with Crippen molar-refractivity contribution in [2.75, 3.05) is 17.6 Å². The minimum atomic E-state index is -1.38. The van der Waals surface area contributed by atoms with Crippen molar-refractivity contribution in [1.29, 1.82) is 0 Å². The van der Waals surface area contributed by atoms with Crippen molar-refractivity contribution in [2.45, 2.75) is 51.0 Å². The number of benzene rings is 1. The van der Waals surface area contributed by atoms with E-state index in [1.807, 2.05) is 0 Å². The second-order valence-corrected chi connectivity index (χ2v) is 10.6. The SMILES string of the molecule is Cn1nc(C2CC3CC(CNC(=O)C(C)(C)O)CC3C2)c(C(=O)Nc2ccc(F)c(Cl)c2)c1N. The van der Waals surface area contributed by atoms with Crippen molar-refractivity contribution < 1.29 is 19.1 Å². The number of nitrogen functional groups attached to an aromatic ring is 1. The van der Waals surface area contributed by atoms with Gasteiger partial charge in [0.2, 0.25) is 0 Å². The maximum atomic E-state index is 13.5. The van der Waals surface area contributed by atoms with Gasteiger partial charge in [-0.1, -0.05) is 11.6 Å². The fourth-order valence-electron chi connectivity index (χ4n) is 5.43. The summed E-state index contributed by atoms with van der Waals surface area (Å²) >= 11 is 5.84. The molecule has 2 aliphatic carbocycles. The third-order valence-corrected chi connectivity index (χ3v) is 7.42. The number of hydrogen-bond acceptors (Lipinski definition) is 5. The Morgan fingerprint density at radius 2 is 1.91 bits per heavy atom. The smallest absolute Gasteiger partial charge is 0.261 e. The van der Waals surface area contributed by atoms with Crippen LogP contribution in [0.4, 0.5) is 15.9 Å². The molecule has 0 aliphatic heterocycles. The number of nitrogens with one attached hydrogen (secondary N) is 2. The third-order valence-electron chi connectivity index (χ3n) is 7.13. The highest BCUT2D eigenvalue weighted by Gasteiger charge is 2.44. The van der Waals surface area contributed by atoms with E-state index >= 15 is 0 Å². The molecule has 0 spiro atoms. The molecule has 1 aromatic carbocycles. The van der Waals surface area contributed by atoms with Gasteiger partial charge in [0.15, 0.2) is 0 Å². The quantitative estimate of drug-likeness (QED) is 0.493. The van der Waals surface area contributed by atoms with E-state index in [0.29, 0.717) is 41.2 Å². The molecule has 1 heterocycles. The van der Waals surface area contributed by atoms with Gasteiger partial charge in [0, 0.05) is 25.2 Å². The Kier molecular flexibility index (Phi) is 6.61. The largest absolute Gasteiger partial charge is 0.383 e. The molecule has 4 rings (SSSR count). The van der Waals surface area contributed by atoms with E-state index in [0.717, 1.165) is 25.7 Å². The topological polar surface area (TPSA) is 122 Å². The Morgan fingerprint density at radius 3 is 2.50 bits per heavy atom. The van der Waals surface area contributed by atoms with Crippen molar-refractivity contribution >= 4 is 34.9 Å². The Balaban J connectivity index is 1.43. The molecule has 0 radical (unpaired) electrons. The summed E-state index contributed by atoms with van der Waals surface area (Å²) in [4.78, 5) is 25.1. The maximum absolute atomic E-state index is 13.5. The monoisotopic (exact) mass is 491 g/mol. The molecule has 10 heteroatoms. The van der Waals surface area contributed by atoms with Gasteiger partial charge in [-0.15, -0.1) is 0 Å². The zero-order valence-corrected chi connectivity index (χ0v) is 20.3. The summed E-state index contributed by atoms with van der Waals surface area (Å²) < 4.78 is 15.0. The number of rotatable bonds is 6. The van der Waals surface area contributed by atoms with Crippen molar-refractivity contribution in [3.63, 3.8) is 0 Å². The van der Waals surface area contributed by atoms with E-state index < -0.39 is 17.3 Å². The standard InChI is InChI=1S/C24H31ClFN5O3/c1-24(2,34)23(33)28-11-12-6-13-8-15(9-14(13)7-12)20-19(21(27)31(3)30-20)22(32)29-16-4-5-18(26)17(25)10-16/h4-5,10,12-15,34H,6-9,11,27H2,1-3H3,(H,28,33)(H,29,32). The number of aryl methyl sites for hydroxylation is 1. The highest BCUT2D eigenvalue weighted by molar-refractivity contribution is 6.31. The van der Waals surface area contributed by atoms with Crippen LogP contribution < -0.4 is 16.4 Å². The summed E-state index contributed by atoms with van der Waals surface area (Å²) in [6, 6.07) is 4.00. The maximum Gasteiger partial charge on any atom is 0.261 e. The molecule has 5 N–H and O–H groups in total. The number of fused-ring (bicyclic) bond motifs is 1. The molecule has 184 valence electrons. The highest BCUT2D eigenvalue weighted by atomic mass is 35.5. The predicted molar refractivity (Wildman–Crippen MR) is 128 cm³/mol. The first-order valence-electron chi connectivity index (χ1n) is 11.5. The molecule has 2 aliphatic rings. The average Bonchev–Trinajstić information content (AvgIpc) is 3.40. The van der Waals surface area contributed by atoms with Crippen LogP contribution in [0.2, 0.25) is 5.02 Å². The Labute approximate surface area is 203 Å². The molecule has 2 amide bonds. The molecule has 0 saturated heterocycles. The van der Waals surface area contributed by atoms with Gasteiger partial charge in [0.25, 0.3) is 11.8 Å². The molecular weight excluding hydrogens is 461 g/mol. The lowest BCUT2D eigenvalue weighted by Gasteiger charge is -2.19. The Hall–Kier alpha value is -2.65. The number of nitrogens with zero attached hydrogens (tertiary/aromatic N) is 2. The summed E-state index contributed by atoms with van der Waals surface area (Å²) in [6.45, 7) is 3.52. The van der Waals surface area contributed by atoms with Crippen molar-refractivity contribution in [2.24, 2.45) is 24.8 Å². The summed E-state index contributed by atoms with van der Waals surface area (Å²) in [5, 5.41) is 19.9. The van der Waals surface area contributed by atoms with Gasteiger partial charge in [0.1, 0.15) is 22.8 Å². The lowest BCUT2D eigenvalue weighted by atomic mass is 9.93. The molecule has 2 fully saturated rings. The van der Waals surface area contributed by atoms with Crippen molar-refractivity contribution in [3.8, 4) is 0 Å². The molecule has 0 bridgehead atoms. The van der Waals surface area contributed by atoms with Crippen LogP contribution in [0.15, 0.2) is 18.2 Å². The fraction of sp³-hybridized carbons (Fsp3) is 0.542. The number of anilines is 2. The van der Waals surface area contributed by atoms with Crippen LogP contribution >= 0.6 is 11.6 Å². The molecule has 34 heavy (non-hydrogen) atoms. The van der Waals surface area contributed by atoms with Crippen LogP contribution in [0.1, 0.15) is 61.5 Å². The lowest BCUT2D eigenvalue weighted by molar-refractivity contribution is -0.136. The molecule has 2 aromatic rings. The van der Waals surface area contributed by atoms with Gasteiger partial charge < -0.3 is 21.5 Å². The summed E-state index contributed by atoms with van der Waals surface area (Å²) in [5.41, 5.74) is 6.25. The van der Waals surface area contributed by atoms with Gasteiger partial charge in [-0.3, -0.25) is 14.3 Å². The van der Waals surface area contributed by atoms with Crippen molar-refractivity contribution in [1.82, 2.24) is 15.1 Å². The van der Waals surface area contributed by atoms with Crippen LogP contribution in [-0.2, 0) is 11.8 Å². The molecule has 1 aromatic heterocycles. The van der Waals surface area contributed by atoms with Crippen LogP contribution in [0.25, 0.3) is 0 Å². The van der Waals surface area contributed by atoms with E-state index in [-0.39, 0.29) is 22.7 Å². The van der Waals surface area contributed by atoms with E-state index in [1.54, 1.807) is 7.05 Å². The number of carbonyl (C=O) groups is 2. The zero-order valence-electron chi connectivity index (χ0n) is 19.6. The number of aromatic nitrogens is 2. The molecular formula is C24H31ClFN5O3. The number of hydrogen-bond donors (Lipinski definition) is 4. The molecule has 2 unspecified atom stereocenters. The van der Waals surface area contributed by atoms with Gasteiger partial charge in [0.05, 0.1) is 10.7 Å². The lowest BCUT2D eigenvalue weighted by Crippen LogP contribution is -2.43. The highest BCUT2D eigenvalue weighted by Crippen LogP contribution is 2.52. The van der Waals surface area contributed by atoms with Gasteiger partial charge >= 0.3 is 0 Å². The van der Waals surface area contributed by atoms with Crippen LogP contribution in [-0.4, -0.2) is 38.8 Å². The van der Waals surface area contributed by atoms with Crippen LogP contribution in [0.5, 0.6) is 0 Å².